The Kier molecular flexibility index (Phi) is 6.58. The first-order chi connectivity index (χ1) is 19.4. The predicted molar refractivity (Wildman–Crippen MR) is 161 cm³/mol. The van der Waals surface area contributed by atoms with E-state index in [0.717, 1.165) is 33.4 Å². The van der Waals surface area contributed by atoms with Crippen LogP contribution in [0.2, 0.25) is 5.02 Å². The summed E-state index contributed by atoms with van der Waals surface area (Å²) in [5, 5.41) is 11.0. The Morgan fingerprint density at radius 3 is 2.27 bits per heavy atom. The first kappa shape index (κ1) is 25.4. The van der Waals surface area contributed by atoms with Crippen LogP contribution in [0.15, 0.2) is 108 Å². The molecular formula is C32H26ClN5O2. The second-order valence-electron chi connectivity index (χ2n) is 9.67. The Labute approximate surface area is 236 Å². The first-order valence-electron chi connectivity index (χ1n) is 12.9. The van der Waals surface area contributed by atoms with E-state index < -0.39 is 6.17 Å². The lowest BCUT2D eigenvalue weighted by atomic mass is 10.1. The number of fused-ring (bicyclic) bond motifs is 1. The number of nitrogens with zero attached hydrogens (tertiary/aromatic N) is 3. The molecule has 0 bridgehead atoms. The number of Topliss-reactive ketones (excluding diaryl/α,β-unsaturated/α-hetero) is 1. The zero-order valence-electron chi connectivity index (χ0n) is 21.9. The quantitative estimate of drug-likeness (QED) is 0.233. The number of nitrogens with one attached hydrogen (secondary N) is 2. The molecule has 0 radical (unpaired) electrons. The third kappa shape index (κ3) is 4.61. The topological polar surface area (TPSA) is 80.8 Å². The van der Waals surface area contributed by atoms with Gasteiger partial charge in [0.25, 0.3) is 5.91 Å². The lowest BCUT2D eigenvalue weighted by molar-refractivity contribution is -0.111. The van der Waals surface area contributed by atoms with Crippen LogP contribution in [0.3, 0.4) is 0 Å². The number of hydrazone groups is 1. The van der Waals surface area contributed by atoms with Gasteiger partial charge in [0, 0.05) is 41.0 Å². The maximum Gasteiger partial charge on any atom is 0.257 e. The van der Waals surface area contributed by atoms with Crippen molar-refractivity contribution in [2.45, 2.75) is 20.0 Å². The minimum Gasteiger partial charge on any atom is -0.361 e. The van der Waals surface area contributed by atoms with Crippen molar-refractivity contribution in [3.63, 3.8) is 0 Å². The number of aromatic amines is 1. The molecule has 1 unspecified atom stereocenters. The molecule has 4 aromatic carbocycles. The molecule has 1 atom stereocenters. The average molecular weight is 548 g/mol. The number of halogens is 1. The number of benzene rings is 4. The molecule has 7 nitrogen and oxygen atoms in total. The van der Waals surface area contributed by atoms with Crippen LogP contribution < -0.4 is 15.2 Å². The van der Waals surface area contributed by atoms with Gasteiger partial charge in [0.2, 0.25) is 0 Å². The molecular weight excluding hydrogens is 522 g/mol. The summed E-state index contributed by atoms with van der Waals surface area (Å²) in [6, 6.07) is 30.4. The van der Waals surface area contributed by atoms with Gasteiger partial charge in [-0.3, -0.25) is 14.5 Å². The smallest absolute Gasteiger partial charge is 0.257 e. The van der Waals surface area contributed by atoms with E-state index in [1.165, 1.54) is 6.92 Å². The molecule has 0 saturated heterocycles. The predicted octanol–water partition coefficient (Wildman–Crippen LogP) is 7.31. The number of amidine groups is 1. The van der Waals surface area contributed by atoms with Crippen molar-refractivity contribution >= 4 is 57.1 Å². The highest BCUT2D eigenvalue weighted by molar-refractivity contribution is 6.44. The number of anilines is 3. The number of ketones is 1. The molecule has 1 aromatic heterocycles. The Hall–Kier alpha value is -4.88. The highest BCUT2D eigenvalue weighted by atomic mass is 35.5. The zero-order valence-corrected chi connectivity index (χ0v) is 22.7. The van der Waals surface area contributed by atoms with Gasteiger partial charge in [0.05, 0.1) is 16.3 Å². The molecule has 5 aromatic rings. The third-order valence-electron chi connectivity index (χ3n) is 6.94. The van der Waals surface area contributed by atoms with Gasteiger partial charge < -0.3 is 10.3 Å². The number of aryl methyl sites for hydroxylation is 1. The summed E-state index contributed by atoms with van der Waals surface area (Å²) in [7, 11) is 0. The van der Waals surface area contributed by atoms with Crippen molar-refractivity contribution in [2.24, 2.45) is 5.10 Å². The molecule has 0 saturated carbocycles. The fourth-order valence-corrected chi connectivity index (χ4v) is 5.18. The summed E-state index contributed by atoms with van der Waals surface area (Å²) in [4.78, 5) is 31.1. The first-order valence-corrected chi connectivity index (χ1v) is 13.2. The number of hydrogen-bond donors (Lipinski definition) is 2. The highest BCUT2D eigenvalue weighted by Gasteiger charge is 2.40. The van der Waals surface area contributed by atoms with Gasteiger partial charge in [0.15, 0.2) is 17.8 Å². The minimum atomic E-state index is -0.429. The van der Waals surface area contributed by atoms with Crippen LogP contribution in [0, 0.1) is 6.92 Å². The Morgan fingerprint density at radius 2 is 1.55 bits per heavy atom. The summed E-state index contributed by atoms with van der Waals surface area (Å²) in [6.07, 6.45) is 1.54. The Bertz CT molecular complexity index is 1760. The van der Waals surface area contributed by atoms with Gasteiger partial charge in [0.1, 0.15) is 0 Å². The SMILES string of the molecule is CC(=O)C1=NN(c2ccc(C)cc2)C(c2c[nH]c3ccccc23)N1c1ccc(NC(=O)c2ccccc2Cl)cc1. The molecule has 0 fully saturated rings. The van der Waals surface area contributed by atoms with E-state index in [1.54, 1.807) is 24.3 Å². The molecule has 1 amide bonds. The lowest BCUT2D eigenvalue weighted by Gasteiger charge is -2.31. The third-order valence-corrected chi connectivity index (χ3v) is 7.27. The molecule has 198 valence electrons. The fraction of sp³-hybridized carbons (Fsp3) is 0.0938. The van der Waals surface area contributed by atoms with Gasteiger partial charge in [-0.25, -0.2) is 5.01 Å². The number of amides is 1. The van der Waals surface area contributed by atoms with Crippen LogP contribution in [-0.4, -0.2) is 22.5 Å². The van der Waals surface area contributed by atoms with Gasteiger partial charge >= 0.3 is 0 Å². The lowest BCUT2D eigenvalue weighted by Crippen LogP contribution is -2.37. The summed E-state index contributed by atoms with van der Waals surface area (Å²) in [5.41, 5.74) is 5.73. The summed E-state index contributed by atoms with van der Waals surface area (Å²) in [6.45, 7) is 3.56. The molecule has 2 N–H and O–H groups in total. The van der Waals surface area contributed by atoms with Crippen molar-refractivity contribution < 1.29 is 9.59 Å². The van der Waals surface area contributed by atoms with Crippen LogP contribution in [-0.2, 0) is 4.79 Å². The summed E-state index contributed by atoms with van der Waals surface area (Å²) < 4.78 is 0. The minimum absolute atomic E-state index is 0.157. The van der Waals surface area contributed by atoms with E-state index in [9.17, 15) is 9.59 Å². The molecule has 8 heteroatoms. The molecule has 2 heterocycles. The van der Waals surface area contributed by atoms with Crippen LogP contribution in [0.25, 0.3) is 10.9 Å². The molecule has 0 spiro atoms. The number of aromatic nitrogens is 1. The summed E-state index contributed by atoms with van der Waals surface area (Å²) >= 11 is 6.20. The maximum atomic E-state index is 13.0. The summed E-state index contributed by atoms with van der Waals surface area (Å²) in [5.74, 6) is -0.132. The van der Waals surface area contributed by atoms with Crippen LogP contribution in [0.1, 0.15) is 34.6 Å². The van der Waals surface area contributed by atoms with Crippen molar-refractivity contribution in [1.29, 1.82) is 0 Å². The van der Waals surface area contributed by atoms with Gasteiger partial charge in [-0.2, -0.15) is 0 Å². The van der Waals surface area contributed by atoms with Crippen molar-refractivity contribution in [1.82, 2.24) is 4.98 Å². The monoisotopic (exact) mass is 547 g/mol. The normalized spacial score (nSPS) is 14.9. The molecule has 6 rings (SSSR count). The maximum absolute atomic E-state index is 13.0. The van der Waals surface area contributed by atoms with Gasteiger partial charge in [-0.15, -0.1) is 5.10 Å². The molecule has 0 aliphatic carbocycles. The Balaban J connectivity index is 1.41. The second kappa shape index (κ2) is 10.4. The highest BCUT2D eigenvalue weighted by Crippen LogP contribution is 2.41. The molecule has 1 aliphatic rings. The largest absolute Gasteiger partial charge is 0.361 e. The number of hydrogen-bond acceptors (Lipinski definition) is 5. The van der Waals surface area contributed by atoms with Crippen LogP contribution in [0.4, 0.5) is 17.1 Å². The van der Waals surface area contributed by atoms with Crippen LogP contribution in [0.5, 0.6) is 0 Å². The molecule has 1 aliphatic heterocycles. The number of carbonyl (C=O) groups excluding carboxylic acids is 2. The number of carbonyl (C=O) groups is 2. The van der Waals surface area contributed by atoms with Gasteiger partial charge in [-0.1, -0.05) is 59.6 Å². The van der Waals surface area contributed by atoms with E-state index in [4.69, 9.17) is 16.7 Å². The van der Waals surface area contributed by atoms with Crippen LogP contribution >= 0.6 is 11.6 Å². The van der Waals surface area contributed by atoms with Crippen molar-refractivity contribution in [3.8, 4) is 0 Å². The number of H-pyrrole nitrogens is 1. The molecule has 40 heavy (non-hydrogen) atoms. The van der Waals surface area contributed by atoms with Crippen molar-refractivity contribution in [2.75, 3.05) is 15.2 Å². The van der Waals surface area contributed by atoms with E-state index >= 15 is 0 Å². The number of rotatable bonds is 6. The zero-order chi connectivity index (χ0) is 27.8. The average Bonchev–Trinajstić information content (AvgIpc) is 3.56. The van der Waals surface area contributed by atoms with Crippen molar-refractivity contribution in [3.05, 3.63) is 125 Å². The standard InChI is InChI=1S/C32H26ClN5O2/c1-20-11-15-24(16-12-20)38-32(27-19-34-29-10-6-4-7-25(27)29)37(30(36-38)21(2)39)23-17-13-22(14-18-23)35-31(40)26-8-3-5-9-28(26)33/h3-19,32,34H,1-2H3,(H,35,40). The van der Waals surface area contributed by atoms with E-state index in [1.807, 2.05) is 89.8 Å². The van der Waals surface area contributed by atoms with Gasteiger partial charge in [-0.05, 0) is 61.5 Å². The van der Waals surface area contributed by atoms with E-state index in [-0.39, 0.29) is 11.7 Å². The Morgan fingerprint density at radius 1 is 0.875 bits per heavy atom. The van der Waals surface area contributed by atoms with E-state index in [2.05, 4.69) is 16.4 Å². The fourth-order valence-electron chi connectivity index (χ4n) is 4.96. The number of para-hydroxylation sites is 1. The second-order valence-corrected chi connectivity index (χ2v) is 10.1. The van der Waals surface area contributed by atoms with E-state index in [0.29, 0.717) is 22.1 Å².